The van der Waals surface area contributed by atoms with Crippen molar-refractivity contribution in [2.24, 2.45) is 0 Å². The second kappa shape index (κ2) is 6.93. The molecule has 0 spiro atoms. The SMILES string of the molecule is COc1cccc(N2C(=O)c3cccnc3[C@@H]2Nc2ccc(C)c(Cl)c2)c1. The largest absolute Gasteiger partial charge is 0.497 e. The lowest BCUT2D eigenvalue weighted by molar-refractivity contribution is 0.0993. The minimum Gasteiger partial charge on any atom is -0.497 e. The van der Waals surface area contributed by atoms with Gasteiger partial charge in [0.15, 0.2) is 6.17 Å². The normalized spacial score (nSPS) is 15.6. The monoisotopic (exact) mass is 379 g/mol. The summed E-state index contributed by atoms with van der Waals surface area (Å²) in [6.45, 7) is 1.95. The van der Waals surface area contributed by atoms with Crippen LogP contribution in [0.4, 0.5) is 11.4 Å². The van der Waals surface area contributed by atoms with E-state index in [1.165, 1.54) is 0 Å². The Morgan fingerprint density at radius 2 is 2.00 bits per heavy atom. The highest BCUT2D eigenvalue weighted by molar-refractivity contribution is 6.31. The first-order chi connectivity index (χ1) is 13.1. The van der Waals surface area contributed by atoms with E-state index in [1.54, 1.807) is 30.3 Å². The van der Waals surface area contributed by atoms with Crippen LogP contribution in [0.3, 0.4) is 0 Å². The highest BCUT2D eigenvalue weighted by atomic mass is 35.5. The van der Waals surface area contributed by atoms with Crippen molar-refractivity contribution < 1.29 is 9.53 Å². The summed E-state index contributed by atoms with van der Waals surface area (Å²) in [6.07, 6.45) is 1.25. The summed E-state index contributed by atoms with van der Waals surface area (Å²) in [5.74, 6) is 0.573. The van der Waals surface area contributed by atoms with Crippen molar-refractivity contribution in [1.29, 1.82) is 0 Å². The van der Waals surface area contributed by atoms with Gasteiger partial charge in [0.25, 0.3) is 5.91 Å². The van der Waals surface area contributed by atoms with Gasteiger partial charge in [0.1, 0.15) is 5.75 Å². The minimum absolute atomic E-state index is 0.109. The summed E-state index contributed by atoms with van der Waals surface area (Å²) >= 11 is 6.27. The van der Waals surface area contributed by atoms with Gasteiger partial charge < -0.3 is 10.1 Å². The van der Waals surface area contributed by atoms with Gasteiger partial charge in [-0.15, -0.1) is 0 Å². The first kappa shape index (κ1) is 17.4. The average molecular weight is 380 g/mol. The van der Waals surface area contributed by atoms with Crippen molar-refractivity contribution in [3.63, 3.8) is 0 Å². The molecule has 1 aliphatic heterocycles. The van der Waals surface area contributed by atoms with Gasteiger partial charge in [0.2, 0.25) is 0 Å². The Kier molecular flexibility index (Phi) is 4.46. The minimum atomic E-state index is -0.445. The lowest BCUT2D eigenvalue weighted by Crippen LogP contribution is -2.32. The molecule has 0 fully saturated rings. The van der Waals surface area contributed by atoms with Crippen molar-refractivity contribution in [3.8, 4) is 5.75 Å². The predicted molar refractivity (Wildman–Crippen MR) is 107 cm³/mol. The van der Waals surface area contributed by atoms with Crippen LogP contribution in [-0.2, 0) is 0 Å². The Balaban J connectivity index is 1.78. The van der Waals surface area contributed by atoms with E-state index < -0.39 is 6.17 Å². The van der Waals surface area contributed by atoms with E-state index in [4.69, 9.17) is 16.3 Å². The molecular weight excluding hydrogens is 362 g/mol. The van der Waals surface area contributed by atoms with E-state index >= 15 is 0 Å². The van der Waals surface area contributed by atoms with Crippen molar-refractivity contribution in [3.05, 3.63) is 82.6 Å². The van der Waals surface area contributed by atoms with Crippen LogP contribution in [-0.4, -0.2) is 18.0 Å². The second-order valence-electron chi connectivity index (χ2n) is 6.32. The molecule has 1 aromatic heterocycles. The topological polar surface area (TPSA) is 54.5 Å². The Morgan fingerprint density at radius 1 is 1.15 bits per heavy atom. The maximum absolute atomic E-state index is 13.1. The number of amides is 1. The Labute approximate surface area is 162 Å². The maximum Gasteiger partial charge on any atom is 0.262 e. The molecule has 27 heavy (non-hydrogen) atoms. The van der Waals surface area contributed by atoms with Crippen molar-refractivity contribution >= 4 is 28.9 Å². The fourth-order valence-electron chi connectivity index (χ4n) is 3.19. The van der Waals surface area contributed by atoms with Crippen LogP contribution in [0.25, 0.3) is 0 Å². The zero-order valence-electron chi connectivity index (χ0n) is 14.9. The van der Waals surface area contributed by atoms with Gasteiger partial charge in [-0.2, -0.15) is 0 Å². The quantitative estimate of drug-likeness (QED) is 0.705. The molecule has 3 aromatic rings. The molecule has 1 atom stereocenters. The van der Waals surface area contributed by atoms with Crippen LogP contribution in [0.15, 0.2) is 60.8 Å². The fraction of sp³-hybridized carbons (Fsp3) is 0.143. The van der Waals surface area contributed by atoms with E-state index in [-0.39, 0.29) is 5.91 Å². The Morgan fingerprint density at radius 3 is 2.78 bits per heavy atom. The fourth-order valence-corrected chi connectivity index (χ4v) is 3.37. The van der Waals surface area contributed by atoms with Gasteiger partial charge in [0.05, 0.1) is 24.1 Å². The number of fused-ring (bicyclic) bond motifs is 1. The van der Waals surface area contributed by atoms with Crippen molar-refractivity contribution in [2.75, 3.05) is 17.3 Å². The lowest BCUT2D eigenvalue weighted by atomic mass is 10.2. The summed E-state index contributed by atoms with van der Waals surface area (Å²) < 4.78 is 5.32. The summed E-state index contributed by atoms with van der Waals surface area (Å²) in [5.41, 5.74) is 3.80. The third-order valence-electron chi connectivity index (χ3n) is 4.61. The molecule has 2 heterocycles. The molecular formula is C21H18ClN3O2. The number of halogens is 1. The molecule has 0 aliphatic carbocycles. The molecule has 6 heteroatoms. The third-order valence-corrected chi connectivity index (χ3v) is 5.02. The molecule has 1 aliphatic rings. The smallest absolute Gasteiger partial charge is 0.262 e. The number of nitrogens with one attached hydrogen (secondary N) is 1. The number of rotatable bonds is 4. The molecule has 136 valence electrons. The molecule has 1 amide bonds. The number of hydrogen-bond acceptors (Lipinski definition) is 4. The number of benzene rings is 2. The van der Waals surface area contributed by atoms with Gasteiger partial charge in [-0.25, -0.2) is 0 Å². The van der Waals surface area contributed by atoms with Gasteiger partial charge in [0, 0.05) is 23.0 Å². The molecule has 5 nitrogen and oxygen atoms in total. The second-order valence-corrected chi connectivity index (χ2v) is 6.73. The molecule has 0 saturated heterocycles. The summed E-state index contributed by atoms with van der Waals surface area (Å²) in [6, 6.07) is 16.7. The van der Waals surface area contributed by atoms with Crippen LogP contribution in [0.2, 0.25) is 5.02 Å². The van der Waals surface area contributed by atoms with Gasteiger partial charge >= 0.3 is 0 Å². The molecule has 1 N–H and O–H groups in total. The molecule has 2 aromatic carbocycles. The highest BCUT2D eigenvalue weighted by Gasteiger charge is 2.39. The lowest BCUT2D eigenvalue weighted by Gasteiger charge is -2.27. The van der Waals surface area contributed by atoms with Gasteiger partial charge in [-0.1, -0.05) is 23.7 Å². The number of anilines is 2. The number of aromatic nitrogens is 1. The van der Waals surface area contributed by atoms with E-state index in [1.807, 2.05) is 49.4 Å². The molecule has 0 unspecified atom stereocenters. The third kappa shape index (κ3) is 3.11. The highest BCUT2D eigenvalue weighted by Crippen LogP contribution is 2.38. The van der Waals surface area contributed by atoms with Crippen LogP contribution in [0.5, 0.6) is 5.75 Å². The first-order valence-corrected chi connectivity index (χ1v) is 8.91. The number of pyridine rings is 1. The average Bonchev–Trinajstić information content (AvgIpc) is 2.97. The van der Waals surface area contributed by atoms with Crippen LogP contribution in [0, 0.1) is 6.92 Å². The summed E-state index contributed by atoms with van der Waals surface area (Å²) in [7, 11) is 1.60. The number of carbonyl (C=O) groups is 1. The number of aryl methyl sites for hydroxylation is 1. The summed E-state index contributed by atoms with van der Waals surface area (Å²) in [5, 5.41) is 4.06. The van der Waals surface area contributed by atoms with Crippen LogP contribution >= 0.6 is 11.6 Å². The summed E-state index contributed by atoms with van der Waals surface area (Å²) in [4.78, 5) is 19.2. The van der Waals surface area contributed by atoms with Gasteiger partial charge in [-0.05, 0) is 48.9 Å². The molecule has 4 rings (SSSR count). The molecule has 0 radical (unpaired) electrons. The zero-order chi connectivity index (χ0) is 19.0. The van der Waals surface area contributed by atoms with Crippen LogP contribution < -0.4 is 15.0 Å². The first-order valence-electron chi connectivity index (χ1n) is 8.53. The van der Waals surface area contributed by atoms with E-state index in [0.717, 1.165) is 16.9 Å². The Hall–Kier alpha value is -3.05. The number of methoxy groups -OCH3 is 1. The van der Waals surface area contributed by atoms with E-state index in [9.17, 15) is 4.79 Å². The maximum atomic E-state index is 13.1. The van der Waals surface area contributed by atoms with Gasteiger partial charge in [-0.3, -0.25) is 14.7 Å². The number of nitrogens with zero attached hydrogens (tertiary/aromatic N) is 2. The van der Waals surface area contributed by atoms with E-state index in [0.29, 0.717) is 22.0 Å². The Bertz CT molecular complexity index is 1020. The van der Waals surface area contributed by atoms with Crippen LogP contribution in [0.1, 0.15) is 27.8 Å². The standard InChI is InChI=1S/C21H18ClN3O2/c1-13-8-9-14(11-18(13)22)24-20-19-17(7-4-10-23-19)21(26)25(20)15-5-3-6-16(12-15)27-2/h3-12,20,24H,1-2H3/t20-/m1/s1. The number of hydrogen-bond donors (Lipinski definition) is 1. The number of ether oxygens (including phenoxy) is 1. The van der Waals surface area contributed by atoms with E-state index in [2.05, 4.69) is 10.3 Å². The zero-order valence-corrected chi connectivity index (χ0v) is 15.7. The molecule has 0 saturated carbocycles. The van der Waals surface area contributed by atoms with Crippen molar-refractivity contribution in [2.45, 2.75) is 13.1 Å². The van der Waals surface area contributed by atoms with Crippen molar-refractivity contribution in [1.82, 2.24) is 4.98 Å². The molecule has 0 bridgehead atoms. The number of carbonyl (C=O) groups excluding carboxylic acids is 1. The predicted octanol–water partition coefficient (Wildman–Crippen LogP) is 4.82.